The fourth-order valence-electron chi connectivity index (χ4n) is 2.26. The molecule has 2 unspecified atom stereocenters. The molecule has 1 aliphatic rings. The van der Waals surface area contributed by atoms with E-state index in [0.717, 1.165) is 11.3 Å². The summed E-state index contributed by atoms with van der Waals surface area (Å²) in [5, 5.41) is 3.47. The first-order chi connectivity index (χ1) is 8.92. The van der Waals surface area contributed by atoms with Gasteiger partial charge in [-0.3, -0.25) is 4.79 Å². The number of benzene rings is 1. The lowest BCUT2D eigenvalue weighted by Gasteiger charge is -2.34. The largest absolute Gasteiger partial charge is 0.493 e. The molecule has 0 fully saturated rings. The average Bonchev–Trinajstić information content (AvgIpc) is 2.37. The van der Waals surface area contributed by atoms with E-state index in [4.69, 9.17) is 10.5 Å². The van der Waals surface area contributed by atoms with Crippen molar-refractivity contribution in [3.05, 3.63) is 29.8 Å². The second kappa shape index (κ2) is 5.21. The van der Waals surface area contributed by atoms with Crippen molar-refractivity contribution in [1.29, 1.82) is 0 Å². The monoisotopic (exact) mass is 262 g/mol. The number of nitrogens with two attached hydrogens (primary N) is 1. The van der Waals surface area contributed by atoms with Gasteiger partial charge < -0.3 is 15.8 Å². The van der Waals surface area contributed by atoms with Crippen LogP contribution in [0.5, 0.6) is 5.75 Å². The first kappa shape index (κ1) is 13.9. The second-order valence-corrected chi connectivity index (χ2v) is 5.93. The summed E-state index contributed by atoms with van der Waals surface area (Å²) < 4.78 is 5.71. The van der Waals surface area contributed by atoms with Crippen molar-refractivity contribution in [3.63, 3.8) is 0 Å². The first-order valence-electron chi connectivity index (χ1n) is 6.67. The lowest BCUT2D eigenvalue weighted by Crippen LogP contribution is -2.44. The molecule has 1 heterocycles. The average molecular weight is 262 g/mol. The smallest absolute Gasteiger partial charge is 0.224 e. The first-order valence-corrected chi connectivity index (χ1v) is 6.67. The van der Waals surface area contributed by atoms with Crippen molar-refractivity contribution in [2.45, 2.75) is 26.8 Å². The van der Waals surface area contributed by atoms with Crippen LogP contribution in [0.1, 0.15) is 32.4 Å². The molecule has 0 spiro atoms. The Balaban J connectivity index is 2.14. The Labute approximate surface area is 114 Å². The molecule has 3 N–H and O–H groups in total. The molecule has 104 valence electrons. The normalized spacial score (nSPS) is 22.5. The Morgan fingerprint density at radius 1 is 1.47 bits per heavy atom. The highest BCUT2D eigenvalue weighted by molar-refractivity contribution is 5.80. The number of rotatable bonds is 4. The Morgan fingerprint density at radius 3 is 2.84 bits per heavy atom. The van der Waals surface area contributed by atoms with Crippen LogP contribution >= 0.6 is 0 Å². The molecule has 4 nitrogen and oxygen atoms in total. The van der Waals surface area contributed by atoms with Crippen molar-refractivity contribution in [2.24, 2.45) is 17.1 Å². The number of primary amides is 1. The summed E-state index contributed by atoms with van der Waals surface area (Å²) in [5.74, 6) is 1.00. The van der Waals surface area contributed by atoms with E-state index < -0.39 is 5.41 Å². The van der Waals surface area contributed by atoms with E-state index in [9.17, 15) is 4.79 Å². The number of ether oxygens (including phenoxy) is 1. The van der Waals surface area contributed by atoms with Crippen LogP contribution in [-0.2, 0) is 4.79 Å². The van der Waals surface area contributed by atoms with Gasteiger partial charge in [-0.05, 0) is 19.9 Å². The number of para-hydroxylation sites is 1. The van der Waals surface area contributed by atoms with E-state index in [1.165, 1.54) is 0 Å². The quantitative estimate of drug-likeness (QED) is 0.870. The summed E-state index contributed by atoms with van der Waals surface area (Å²) >= 11 is 0. The molecule has 0 bridgehead atoms. The number of carbonyl (C=O) groups excluding carboxylic acids is 1. The third-order valence-corrected chi connectivity index (χ3v) is 3.76. The summed E-state index contributed by atoms with van der Waals surface area (Å²) in [5.41, 5.74) is 6.02. The Kier molecular flexibility index (Phi) is 3.80. The fraction of sp³-hybridized carbons (Fsp3) is 0.533. The Bertz CT molecular complexity index is 471. The molecule has 0 aliphatic carbocycles. The maximum atomic E-state index is 11.4. The van der Waals surface area contributed by atoms with E-state index in [-0.39, 0.29) is 11.9 Å². The predicted molar refractivity (Wildman–Crippen MR) is 74.8 cm³/mol. The van der Waals surface area contributed by atoms with Crippen molar-refractivity contribution in [1.82, 2.24) is 5.32 Å². The molecule has 4 heteroatoms. The molecule has 0 radical (unpaired) electrons. The molecule has 2 atom stereocenters. The molecule has 0 aromatic heterocycles. The SMILES string of the molecule is CC1COc2ccccc2C1NCC(C)(C)C(N)=O. The zero-order valence-electron chi connectivity index (χ0n) is 11.8. The molecular formula is C15H22N2O2. The number of hydrogen-bond donors (Lipinski definition) is 2. The highest BCUT2D eigenvalue weighted by atomic mass is 16.5. The summed E-state index contributed by atoms with van der Waals surface area (Å²) in [6.07, 6.45) is 0. The molecule has 1 aliphatic heterocycles. The molecule has 19 heavy (non-hydrogen) atoms. The van der Waals surface area contributed by atoms with Gasteiger partial charge in [0.1, 0.15) is 5.75 Å². The molecule has 1 amide bonds. The van der Waals surface area contributed by atoms with Crippen LogP contribution in [0.25, 0.3) is 0 Å². The summed E-state index contributed by atoms with van der Waals surface area (Å²) in [6.45, 7) is 7.11. The third-order valence-electron chi connectivity index (χ3n) is 3.76. The van der Waals surface area contributed by atoms with Gasteiger partial charge >= 0.3 is 0 Å². The second-order valence-electron chi connectivity index (χ2n) is 5.93. The number of fused-ring (bicyclic) bond motifs is 1. The minimum Gasteiger partial charge on any atom is -0.493 e. The maximum absolute atomic E-state index is 11.4. The topological polar surface area (TPSA) is 64.3 Å². The summed E-state index contributed by atoms with van der Waals surface area (Å²) in [4.78, 5) is 11.4. The van der Waals surface area contributed by atoms with Gasteiger partial charge in [0.15, 0.2) is 0 Å². The minimum atomic E-state index is -0.549. The van der Waals surface area contributed by atoms with E-state index >= 15 is 0 Å². The lowest BCUT2D eigenvalue weighted by atomic mass is 9.88. The van der Waals surface area contributed by atoms with Gasteiger partial charge in [-0.25, -0.2) is 0 Å². The van der Waals surface area contributed by atoms with Crippen molar-refractivity contribution >= 4 is 5.91 Å². The van der Waals surface area contributed by atoms with Crippen LogP contribution in [0.3, 0.4) is 0 Å². The number of carbonyl (C=O) groups is 1. The van der Waals surface area contributed by atoms with E-state index in [1.807, 2.05) is 32.0 Å². The van der Waals surface area contributed by atoms with Crippen LogP contribution in [0, 0.1) is 11.3 Å². The van der Waals surface area contributed by atoms with Gasteiger partial charge in [-0.2, -0.15) is 0 Å². The zero-order valence-corrected chi connectivity index (χ0v) is 11.8. The number of hydrogen-bond acceptors (Lipinski definition) is 3. The highest BCUT2D eigenvalue weighted by Crippen LogP contribution is 2.35. The van der Waals surface area contributed by atoms with Crippen LogP contribution in [0.2, 0.25) is 0 Å². The summed E-state index contributed by atoms with van der Waals surface area (Å²) in [7, 11) is 0. The molecular weight excluding hydrogens is 240 g/mol. The van der Waals surface area contributed by atoms with E-state index in [1.54, 1.807) is 0 Å². The van der Waals surface area contributed by atoms with E-state index in [2.05, 4.69) is 18.3 Å². The molecule has 1 aromatic carbocycles. The number of nitrogens with one attached hydrogen (secondary N) is 1. The van der Waals surface area contributed by atoms with Crippen LogP contribution in [0.15, 0.2) is 24.3 Å². The van der Waals surface area contributed by atoms with Gasteiger partial charge in [0.2, 0.25) is 5.91 Å². The fourth-order valence-corrected chi connectivity index (χ4v) is 2.26. The predicted octanol–water partition coefficient (Wildman–Crippen LogP) is 1.86. The van der Waals surface area contributed by atoms with Gasteiger partial charge in [-0.1, -0.05) is 25.1 Å². The highest BCUT2D eigenvalue weighted by Gasteiger charge is 2.31. The summed E-state index contributed by atoms with van der Waals surface area (Å²) in [6, 6.07) is 8.23. The standard InChI is InChI=1S/C15H22N2O2/c1-10-8-19-12-7-5-4-6-11(12)13(10)17-9-15(2,3)14(16)18/h4-7,10,13,17H,8-9H2,1-3H3,(H2,16,18). The van der Waals surface area contributed by atoms with Crippen molar-refractivity contribution in [3.8, 4) is 5.75 Å². The maximum Gasteiger partial charge on any atom is 0.224 e. The van der Waals surface area contributed by atoms with Gasteiger partial charge in [0, 0.05) is 24.1 Å². The Morgan fingerprint density at radius 2 is 2.16 bits per heavy atom. The van der Waals surface area contributed by atoms with Crippen molar-refractivity contribution in [2.75, 3.05) is 13.2 Å². The van der Waals surface area contributed by atoms with Gasteiger partial charge in [0.05, 0.1) is 12.0 Å². The van der Waals surface area contributed by atoms with Crippen LogP contribution in [-0.4, -0.2) is 19.1 Å². The van der Waals surface area contributed by atoms with Crippen LogP contribution in [0.4, 0.5) is 0 Å². The van der Waals surface area contributed by atoms with E-state index in [0.29, 0.717) is 19.1 Å². The van der Waals surface area contributed by atoms with Gasteiger partial charge in [-0.15, -0.1) is 0 Å². The minimum absolute atomic E-state index is 0.198. The zero-order chi connectivity index (χ0) is 14.0. The lowest BCUT2D eigenvalue weighted by molar-refractivity contribution is -0.125. The molecule has 0 saturated carbocycles. The van der Waals surface area contributed by atoms with Crippen LogP contribution < -0.4 is 15.8 Å². The Hall–Kier alpha value is -1.55. The van der Waals surface area contributed by atoms with Gasteiger partial charge in [0.25, 0.3) is 0 Å². The van der Waals surface area contributed by atoms with Crippen molar-refractivity contribution < 1.29 is 9.53 Å². The molecule has 2 rings (SSSR count). The molecule has 0 saturated heterocycles. The molecule has 1 aromatic rings. The number of amides is 1. The third kappa shape index (κ3) is 2.89.